The molecule has 0 bridgehead atoms. The Morgan fingerprint density at radius 2 is 0.597 bits per heavy atom. The maximum atomic E-state index is 12.5. The van der Waals surface area contributed by atoms with E-state index in [1.807, 2.05) is 180 Å². The monoisotopic (exact) mass is 2080 g/mol. The maximum absolute atomic E-state index is 12.5. The van der Waals surface area contributed by atoms with Crippen LogP contribution in [0.5, 0.6) is 0 Å². The number of nitrogens with two attached hydrogens (primary N) is 1. The molecule has 14 rings (SSSR count). The molecule has 9 aliphatic rings. The zero-order valence-electron chi connectivity index (χ0n) is 89.0. The van der Waals surface area contributed by atoms with Crippen molar-refractivity contribution in [3.63, 3.8) is 0 Å². The number of aldehydes is 1. The van der Waals surface area contributed by atoms with E-state index in [-0.39, 0.29) is 137 Å². The normalized spacial score (nSPS) is 18.2. The van der Waals surface area contributed by atoms with E-state index in [9.17, 15) is 52.7 Å². The zero-order valence-corrected chi connectivity index (χ0v) is 89.0. The number of alkyl carbamates (subject to hydrolysis) is 3. The van der Waals surface area contributed by atoms with Gasteiger partial charge in [0.25, 0.3) is 0 Å². The molecular weight excluding hydrogens is 1910 g/mol. The number of aliphatic carboxylic acids is 1. The van der Waals surface area contributed by atoms with Crippen LogP contribution in [0.25, 0.3) is 0 Å². The summed E-state index contributed by atoms with van der Waals surface area (Å²) in [6.07, 6.45) is 31.0. The molecule has 5 aliphatic heterocycles. The average molecular weight is 2080 g/mol. The number of esters is 4. The van der Waals surface area contributed by atoms with Crippen LogP contribution in [0.3, 0.4) is 0 Å². The summed E-state index contributed by atoms with van der Waals surface area (Å²) in [5, 5.41) is 43.7. The summed E-state index contributed by atoms with van der Waals surface area (Å²) in [6, 6.07) is 46.4. The van der Waals surface area contributed by atoms with Gasteiger partial charge in [0.05, 0.1) is 13.2 Å². The van der Waals surface area contributed by atoms with Crippen molar-refractivity contribution in [2.75, 3.05) is 147 Å². The van der Waals surface area contributed by atoms with Crippen molar-refractivity contribution in [1.82, 2.24) is 67.5 Å². The van der Waals surface area contributed by atoms with Crippen LogP contribution in [-0.4, -0.2) is 298 Å². The predicted octanol–water partition coefficient (Wildman–Crippen LogP) is 13.3. The lowest BCUT2D eigenvalue weighted by molar-refractivity contribution is -0.152. The number of likely N-dealkylation sites (N-methyl/N-ethyl adjacent to an activating group) is 5. The van der Waals surface area contributed by atoms with Gasteiger partial charge in [0, 0.05) is 58.9 Å². The fourth-order valence-electron chi connectivity index (χ4n) is 19.8. The number of nitrogens with one attached hydrogen (secondary N) is 9. The van der Waals surface area contributed by atoms with E-state index >= 15 is 0 Å². The van der Waals surface area contributed by atoms with Crippen LogP contribution in [0.15, 0.2) is 152 Å². The fourth-order valence-corrected chi connectivity index (χ4v) is 19.8. The lowest BCUT2D eigenvalue weighted by Gasteiger charge is -2.33. The zero-order chi connectivity index (χ0) is 107. The highest BCUT2D eigenvalue weighted by atomic mass is 16.6. The number of aliphatic hydroxyl groups excluding tert-OH is 1. The van der Waals surface area contributed by atoms with Crippen LogP contribution in [0.1, 0.15) is 227 Å². The van der Waals surface area contributed by atoms with Gasteiger partial charge < -0.3 is 131 Å². The Labute approximate surface area is 883 Å². The third-order valence-electron chi connectivity index (χ3n) is 28.9. The molecule has 5 aromatic carbocycles. The van der Waals surface area contributed by atoms with Gasteiger partial charge in [-0.05, 0) is 331 Å². The van der Waals surface area contributed by atoms with Crippen molar-refractivity contribution in [1.29, 1.82) is 0 Å². The molecule has 5 atom stereocenters. The van der Waals surface area contributed by atoms with E-state index in [1.165, 1.54) is 51.4 Å². The number of amides is 5. The first-order valence-corrected chi connectivity index (χ1v) is 54.6. The van der Waals surface area contributed by atoms with Gasteiger partial charge in [0.1, 0.15) is 93.9 Å². The highest BCUT2D eigenvalue weighted by Crippen LogP contribution is 2.32. The number of hydrogen-bond donors (Lipinski definition) is 12. The van der Waals surface area contributed by atoms with E-state index in [1.54, 1.807) is 16.8 Å². The molecular formula is C113H174N14O22. The molecule has 5 amide bonds. The minimum absolute atomic E-state index is 0.0202. The fraction of sp³-hybridized carbons (Fsp3) is 0.637. The number of likely N-dealkylation sites (tertiary alicyclic amines) is 4. The topological polar surface area (TPSA) is 459 Å². The Kier molecular flexibility index (Phi) is 61.3. The maximum Gasteiger partial charge on any atom is 0.410 e. The number of ether oxygens (including phenoxy) is 9. The first-order valence-electron chi connectivity index (χ1n) is 54.6. The average Bonchev–Trinajstić information content (AvgIpc) is 1.82. The second-order valence-electron chi connectivity index (χ2n) is 39.9. The Balaban J connectivity index is 0.000000215. The number of nitrogens with zero attached hydrogens (tertiary/aromatic N) is 4. The highest BCUT2D eigenvalue weighted by molar-refractivity contribution is 5.78. The molecule has 828 valence electrons. The number of rotatable bonds is 43. The Bertz CT molecular complexity index is 4490. The first-order chi connectivity index (χ1) is 72.6. The Hall–Kier alpha value is -10.9. The van der Waals surface area contributed by atoms with Gasteiger partial charge >= 0.3 is 60.3 Å². The van der Waals surface area contributed by atoms with Gasteiger partial charge in [-0.3, -0.25) is 24.0 Å². The van der Waals surface area contributed by atoms with E-state index in [2.05, 4.69) is 57.7 Å². The van der Waals surface area contributed by atoms with Crippen molar-refractivity contribution in [3.05, 3.63) is 179 Å². The summed E-state index contributed by atoms with van der Waals surface area (Å²) < 4.78 is 48.2. The SMILES string of the molecule is CNC(CC1CCN(C(=O)OCc2ccccc2)CC1)C(=O)O.CNC(CC1CCN(C(=O)OCc2ccccc2)CC1)C(=O)OC1CCCC1.CNC(CC1CCN(CCN)CC1)C(=O)OC1CCCC1.CNC(CC1CCN(CCNC(=O)OCc2ccccc2)CC1)C(=O)OC1CCCC1.CNC(CC1CCNCC1)C(=O)OC1CCCC1.O=C(NCCO)OCc1ccccc1.O=CCNC(=O)OCc1ccccc1. The van der Waals surface area contributed by atoms with Gasteiger partial charge in [-0.25, -0.2) is 24.0 Å². The van der Waals surface area contributed by atoms with Crippen LogP contribution in [0.4, 0.5) is 24.0 Å². The number of aliphatic hydroxyl groups is 1. The molecule has 0 aromatic heterocycles. The molecule has 36 nitrogen and oxygen atoms in total. The number of carbonyl (C=O) groups excluding carboxylic acids is 10. The lowest BCUT2D eigenvalue weighted by Crippen LogP contribution is -2.43. The molecule has 5 saturated heterocycles. The minimum atomic E-state index is -0.822. The molecule has 9 fully saturated rings. The summed E-state index contributed by atoms with van der Waals surface area (Å²) in [5.74, 6) is 1.40. The van der Waals surface area contributed by atoms with Crippen LogP contribution in [-0.2, 0) is 104 Å². The highest BCUT2D eigenvalue weighted by Gasteiger charge is 2.36. The number of carboxylic acids is 1. The van der Waals surface area contributed by atoms with Gasteiger partial charge in [-0.15, -0.1) is 0 Å². The van der Waals surface area contributed by atoms with Crippen LogP contribution < -0.4 is 53.6 Å². The number of carbonyl (C=O) groups is 11. The van der Waals surface area contributed by atoms with Crippen molar-refractivity contribution < 1.29 is 106 Å². The van der Waals surface area contributed by atoms with Crippen molar-refractivity contribution in [3.8, 4) is 0 Å². The molecule has 149 heavy (non-hydrogen) atoms. The quantitative estimate of drug-likeness (QED) is 0.00979. The second kappa shape index (κ2) is 74.1. The minimum Gasteiger partial charge on any atom is -0.480 e. The number of benzene rings is 5. The van der Waals surface area contributed by atoms with Crippen LogP contribution in [0.2, 0.25) is 0 Å². The molecule has 4 saturated carbocycles. The number of hydrogen-bond acceptors (Lipinski definition) is 30. The Morgan fingerprint density at radius 3 is 0.866 bits per heavy atom. The summed E-state index contributed by atoms with van der Waals surface area (Å²) in [5.41, 5.74) is 10.4. The Morgan fingerprint density at radius 1 is 0.342 bits per heavy atom. The summed E-state index contributed by atoms with van der Waals surface area (Å²) in [7, 11) is 9.05. The van der Waals surface area contributed by atoms with Gasteiger partial charge in [-0.1, -0.05) is 152 Å². The summed E-state index contributed by atoms with van der Waals surface area (Å²) >= 11 is 0. The van der Waals surface area contributed by atoms with E-state index in [4.69, 9.17) is 58.6 Å². The molecule has 36 heteroatoms. The third-order valence-corrected chi connectivity index (χ3v) is 28.9. The largest absolute Gasteiger partial charge is 0.480 e. The predicted molar refractivity (Wildman–Crippen MR) is 570 cm³/mol. The van der Waals surface area contributed by atoms with Crippen molar-refractivity contribution in [2.24, 2.45) is 35.3 Å². The first kappa shape index (κ1) is 123. The molecule has 0 spiro atoms. The van der Waals surface area contributed by atoms with Crippen LogP contribution in [0, 0.1) is 29.6 Å². The van der Waals surface area contributed by atoms with Gasteiger partial charge in [0.2, 0.25) is 0 Å². The summed E-state index contributed by atoms with van der Waals surface area (Å²) in [4.78, 5) is 136. The smallest absolute Gasteiger partial charge is 0.410 e. The van der Waals surface area contributed by atoms with Crippen molar-refractivity contribution >= 4 is 66.6 Å². The third kappa shape index (κ3) is 51.2. The number of piperidine rings is 5. The van der Waals surface area contributed by atoms with E-state index < -0.39 is 24.2 Å². The lowest BCUT2D eigenvalue weighted by atomic mass is 9.90. The van der Waals surface area contributed by atoms with E-state index in [0.29, 0.717) is 81.6 Å². The van der Waals surface area contributed by atoms with Crippen molar-refractivity contribution in [2.45, 2.75) is 287 Å². The molecule has 5 heterocycles. The molecule has 4 aliphatic carbocycles. The second-order valence-corrected chi connectivity index (χ2v) is 39.9. The van der Waals surface area contributed by atoms with E-state index in [0.717, 1.165) is 228 Å². The molecule has 5 unspecified atom stereocenters. The summed E-state index contributed by atoms with van der Waals surface area (Å²) in [6.45, 7) is 13.5. The van der Waals surface area contributed by atoms with Crippen LogP contribution >= 0.6 is 0 Å². The molecule has 5 aromatic rings. The molecule has 13 N–H and O–H groups in total. The standard InChI is InChI=1S/C24H37N3O4.C22H32N2O4.C17H24N2O4.C16H31N3O2.C14H26N2O2.C10H13NO3.C10H11NO3/c1-25-22(23(28)31-21-9-5-6-10-21)17-19-11-14-27(15-12-19)16-13-26-24(29)30-18-20-7-3-2-4-8-20;1-23-20(21(25)28-19-9-5-6-10-19)15-17-11-13-24(14-12-17)22(26)27-16-18-7-3-2-4-8-18;1-18-15(16(20)21)11-13-7-9-19(10-8-13)17(22)23-12-14-5-3-2-4-6-14;1-18-15(16(20)21-14-4-2-3-5-14)12-13-6-9-19(10-7-13)11-8-17;1-15-13(10-11-6-8-16-9-7-11)14(17)18-12-4-2-3-5-12;2*12-7-6-11-10(13)14-8-9-4-2-1-3-5-9/h2-4,7-8,19,21-22,25H,5-6,9-18H2,1H3,(H,26,29);2-4,7-8,17,19-20,23H,5-6,9-16H2,1H3;2-6,13,15,18H,7-12H2,1H3,(H,20,21);13-15,18H,2-12,17H2,1H3;11-13,15-16H,2-10H2,1H3;1-5,12H,6-8H2,(H,11,13);1-5,7H,6,8H2,(H,11,13). The molecule has 0 radical (unpaired) electrons. The van der Waals surface area contributed by atoms with Gasteiger partial charge in [-0.2, -0.15) is 0 Å². The number of carboxylic acid groups (broad SMARTS) is 1. The van der Waals surface area contributed by atoms with Gasteiger partial charge in [0.15, 0.2) is 0 Å².